The van der Waals surface area contributed by atoms with Crippen LogP contribution in [0.15, 0.2) is 42.5 Å². The fourth-order valence-corrected chi connectivity index (χ4v) is 3.22. The van der Waals surface area contributed by atoms with Gasteiger partial charge in [-0.15, -0.1) is 0 Å². The van der Waals surface area contributed by atoms with Gasteiger partial charge in [-0.25, -0.2) is 0 Å². The minimum atomic E-state index is -0.0578. The Morgan fingerprint density at radius 3 is 2.63 bits per heavy atom. The average molecular weight is 363 g/mol. The molecule has 0 bridgehead atoms. The first-order valence-corrected chi connectivity index (χ1v) is 9.02. The van der Waals surface area contributed by atoms with E-state index in [2.05, 4.69) is 29.4 Å². The number of amides is 2. The number of carbonyl (C=O) groups is 2. The van der Waals surface area contributed by atoms with E-state index in [0.717, 1.165) is 33.4 Å². The first-order valence-electron chi connectivity index (χ1n) is 9.02. The van der Waals surface area contributed by atoms with E-state index < -0.39 is 0 Å². The number of H-pyrrole nitrogens is 1. The van der Waals surface area contributed by atoms with Crippen molar-refractivity contribution >= 4 is 28.4 Å². The van der Waals surface area contributed by atoms with E-state index >= 15 is 0 Å². The maximum Gasteiger partial charge on any atom is 0.228 e. The molecule has 5 nitrogen and oxygen atoms in total. The van der Waals surface area contributed by atoms with Crippen LogP contribution in [-0.4, -0.2) is 28.7 Å². The highest BCUT2D eigenvalue weighted by Gasteiger charge is 2.13. The van der Waals surface area contributed by atoms with Crippen molar-refractivity contribution in [3.05, 3.63) is 64.8 Å². The van der Waals surface area contributed by atoms with Crippen molar-refractivity contribution in [2.24, 2.45) is 0 Å². The molecule has 1 aromatic heterocycles. The predicted molar refractivity (Wildman–Crippen MR) is 109 cm³/mol. The van der Waals surface area contributed by atoms with Gasteiger partial charge in [-0.3, -0.25) is 9.59 Å². The lowest BCUT2D eigenvalue weighted by Crippen LogP contribution is -2.23. The second kappa shape index (κ2) is 7.66. The number of aryl methyl sites for hydroxylation is 2. The number of rotatable bonds is 5. The van der Waals surface area contributed by atoms with E-state index in [9.17, 15) is 9.59 Å². The summed E-state index contributed by atoms with van der Waals surface area (Å²) in [6.07, 6.45) is 0.312. The minimum Gasteiger partial charge on any atom is -0.358 e. The normalized spacial score (nSPS) is 10.8. The molecule has 0 atom stereocenters. The Balaban J connectivity index is 1.74. The summed E-state index contributed by atoms with van der Waals surface area (Å²) < 4.78 is 0. The largest absolute Gasteiger partial charge is 0.358 e. The molecular weight excluding hydrogens is 338 g/mol. The highest BCUT2D eigenvalue weighted by molar-refractivity contribution is 5.96. The number of fused-ring (bicyclic) bond motifs is 1. The molecule has 2 N–H and O–H groups in total. The zero-order valence-electron chi connectivity index (χ0n) is 16.2. The molecule has 0 fully saturated rings. The van der Waals surface area contributed by atoms with Crippen molar-refractivity contribution in [2.75, 3.05) is 12.4 Å². The summed E-state index contributed by atoms with van der Waals surface area (Å²) in [5.41, 5.74) is 5.98. The van der Waals surface area contributed by atoms with Crippen LogP contribution >= 0.6 is 0 Å². The van der Waals surface area contributed by atoms with Gasteiger partial charge in [0.1, 0.15) is 0 Å². The number of nitrogens with zero attached hydrogens (tertiary/aromatic N) is 1. The van der Waals surface area contributed by atoms with Gasteiger partial charge in [0, 0.05) is 42.8 Å². The van der Waals surface area contributed by atoms with Crippen LogP contribution in [0.4, 0.5) is 5.69 Å². The molecule has 0 spiro atoms. The number of hydrogen-bond donors (Lipinski definition) is 2. The Kier molecular flexibility index (Phi) is 5.31. The molecule has 0 saturated heterocycles. The lowest BCUT2D eigenvalue weighted by atomic mass is 10.1. The van der Waals surface area contributed by atoms with E-state index in [1.54, 1.807) is 11.9 Å². The maximum absolute atomic E-state index is 12.6. The monoisotopic (exact) mass is 363 g/mol. The Hall–Kier alpha value is -3.08. The third-order valence-corrected chi connectivity index (χ3v) is 4.78. The van der Waals surface area contributed by atoms with Crippen molar-refractivity contribution in [1.82, 2.24) is 9.88 Å². The van der Waals surface area contributed by atoms with E-state index in [1.807, 2.05) is 37.3 Å². The van der Waals surface area contributed by atoms with Gasteiger partial charge < -0.3 is 15.2 Å². The third-order valence-electron chi connectivity index (χ3n) is 4.78. The quantitative estimate of drug-likeness (QED) is 0.721. The molecule has 0 aliphatic heterocycles. The predicted octanol–water partition coefficient (Wildman–Crippen LogP) is 3.94. The molecule has 0 unspecified atom stereocenters. The van der Waals surface area contributed by atoms with Crippen LogP contribution in [-0.2, 0) is 22.6 Å². The van der Waals surface area contributed by atoms with Crippen LogP contribution in [0.2, 0.25) is 0 Å². The van der Waals surface area contributed by atoms with Gasteiger partial charge >= 0.3 is 0 Å². The number of nitrogens with one attached hydrogen (secondary N) is 2. The molecule has 3 rings (SSSR count). The van der Waals surface area contributed by atoms with E-state index in [1.165, 1.54) is 12.5 Å². The Morgan fingerprint density at radius 1 is 1.11 bits per heavy atom. The summed E-state index contributed by atoms with van der Waals surface area (Å²) in [5, 5.41) is 4.07. The van der Waals surface area contributed by atoms with Crippen LogP contribution in [0.5, 0.6) is 0 Å². The Labute approximate surface area is 159 Å². The zero-order valence-corrected chi connectivity index (χ0v) is 16.2. The maximum atomic E-state index is 12.6. The van der Waals surface area contributed by atoms with Crippen molar-refractivity contribution in [3.63, 3.8) is 0 Å². The molecule has 140 valence electrons. The number of anilines is 1. The van der Waals surface area contributed by atoms with Crippen LogP contribution in [0.25, 0.3) is 10.9 Å². The molecule has 0 radical (unpaired) electrons. The molecular formula is C22H25N3O2. The molecule has 2 aromatic carbocycles. The van der Waals surface area contributed by atoms with Gasteiger partial charge in [0.05, 0.1) is 6.42 Å². The van der Waals surface area contributed by atoms with Gasteiger partial charge in [0.15, 0.2) is 0 Å². The number of carbonyl (C=O) groups excluding carboxylic acids is 2. The number of benzene rings is 2. The first-order chi connectivity index (χ1) is 12.8. The molecule has 27 heavy (non-hydrogen) atoms. The SMILES string of the molecule is CC(=O)N(C)Cc1cccc(NC(=O)Cc2c(C)[nH]c3ccc(C)cc23)c1. The van der Waals surface area contributed by atoms with Gasteiger partial charge in [-0.05, 0) is 49.2 Å². The minimum absolute atomic E-state index is 0.00884. The summed E-state index contributed by atoms with van der Waals surface area (Å²) >= 11 is 0. The van der Waals surface area contributed by atoms with Crippen LogP contribution in [0.3, 0.4) is 0 Å². The van der Waals surface area contributed by atoms with Crippen molar-refractivity contribution in [2.45, 2.75) is 33.7 Å². The van der Waals surface area contributed by atoms with Crippen LogP contribution in [0, 0.1) is 13.8 Å². The summed E-state index contributed by atoms with van der Waals surface area (Å²) in [6.45, 7) is 6.10. The first kappa shape index (κ1) is 18.7. The molecule has 0 saturated carbocycles. The fraction of sp³-hybridized carbons (Fsp3) is 0.273. The van der Waals surface area contributed by atoms with Gasteiger partial charge in [-0.1, -0.05) is 23.8 Å². The topological polar surface area (TPSA) is 65.2 Å². The summed E-state index contributed by atoms with van der Waals surface area (Å²) in [7, 11) is 1.76. The van der Waals surface area contributed by atoms with Gasteiger partial charge in [0.2, 0.25) is 11.8 Å². The average Bonchev–Trinajstić information content (AvgIpc) is 2.90. The highest BCUT2D eigenvalue weighted by atomic mass is 16.2. The lowest BCUT2D eigenvalue weighted by Gasteiger charge is -2.15. The Bertz CT molecular complexity index is 1000. The molecule has 5 heteroatoms. The van der Waals surface area contributed by atoms with Crippen molar-refractivity contribution < 1.29 is 9.59 Å². The standard InChI is InChI=1S/C22H25N3O2/c1-14-8-9-21-20(10-14)19(15(2)23-21)12-22(27)24-18-7-5-6-17(11-18)13-25(4)16(3)26/h5-11,23H,12-13H2,1-4H3,(H,24,27). The van der Waals surface area contributed by atoms with E-state index in [4.69, 9.17) is 0 Å². The van der Waals surface area contributed by atoms with Gasteiger partial charge in [0.25, 0.3) is 0 Å². The molecule has 1 heterocycles. The number of aromatic amines is 1. The molecule has 0 aliphatic rings. The summed E-state index contributed by atoms with van der Waals surface area (Å²) in [6, 6.07) is 13.8. The Morgan fingerprint density at radius 2 is 1.89 bits per heavy atom. The van der Waals surface area contributed by atoms with Gasteiger partial charge in [-0.2, -0.15) is 0 Å². The third kappa shape index (κ3) is 4.37. The second-order valence-corrected chi connectivity index (χ2v) is 7.08. The van der Waals surface area contributed by atoms with Crippen LogP contribution < -0.4 is 5.32 Å². The number of aromatic nitrogens is 1. The van der Waals surface area contributed by atoms with Crippen molar-refractivity contribution in [3.8, 4) is 0 Å². The smallest absolute Gasteiger partial charge is 0.228 e. The highest BCUT2D eigenvalue weighted by Crippen LogP contribution is 2.24. The molecule has 3 aromatic rings. The summed E-state index contributed by atoms with van der Waals surface area (Å²) in [4.78, 5) is 29.0. The second-order valence-electron chi connectivity index (χ2n) is 7.08. The summed E-state index contributed by atoms with van der Waals surface area (Å²) in [5.74, 6) is -0.0490. The van der Waals surface area contributed by atoms with Crippen LogP contribution in [0.1, 0.15) is 29.3 Å². The number of hydrogen-bond acceptors (Lipinski definition) is 2. The van der Waals surface area contributed by atoms with Crippen molar-refractivity contribution in [1.29, 1.82) is 0 Å². The fourth-order valence-electron chi connectivity index (χ4n) is 3.22. The molecule has 0 aliphatic carbocycles. The molecule has 2 amide bonds. The zero-order chi connectivity index (χ0) is 19.6. The van der Waals surface area contributed by atoms with E-state index in [-0.39, 0.29) is 11.8 Å². The lowest BCUT2D eigenvalue weighted by molar-refractivity contribution is -0.128. The van der Waals surface area contributed by atoms with E-state index in [0.29, 0.717) is 13.0 Å².